The normalized spacial score (nSPS) is 17.1. The van der Waals surface area contributed by atoms with E-state index >= 15 is 0 Å². The number of amides is 2. The standard InChI is InChI=1S/C21H25BrFN3O3S/c1-21(2,29-20(24)28)11-10-15-5-3-4-12-26(15)18(27)16-17(30-19(22)25-16)13-6-8-14(23)9-7-13/h6-9,15H,3-5,10-12H2,1-2H3,(H2,24,28)/t15-/m0/s1. The molecule has 2 N–H and O–H groups in total. The molecule has 3 rings (SSSR count). The summed E-state index contributed by atoms with van der Waals surface area (Å²) in [6.45, 7) is 4.28. The molecule has 0 unspecified atom stereocenters. The minimum atomic E-state index is -0.798. The second-order valence-corrected chi connectivity index (χ2v) is 10.3. The number of primary amides is 1. The van der Waals surface area contributed by atoms with E-state index < -0.39 is 11.7 Å². The number of rotatable bonds is 6. The van der Waals surface area contributed by atoms with Crippen LogP contribution in [0.3, 0.4) is 0 Å². The average Bonchev–Trinajstić information content (AvgIpc) is 3.07. The predicted octanol–water partition coefficient (Wildman–Crippen LogP) is 5.36. The molecule has 1 atom stereocenters. The summed E-state index contributed by atoms with van der Waals surface area (Å²) in [5, 5.41) is 0. The number of likely N-dealkylation sites (tertiary alicyclic amines) is 1. The molecule has 0 radical (unpaired) electrons. The number of aromatic nitrogens is 1. The summed E-state index contributed by atoms with van der Waals surface area (Å²) in [7, 11) is 0. The second-order valence-electron chi connectivity index (χ2n) is 8.02. The summed E-state index contributed by atoms with van der Waals surface area (Å²) in [6.07, 6.45) is 3.35. The van der Waals surface area contributed by atoms with E-state index in [1.165, 1.54) is 23.5 Å². The molecule has 30 heavy (non-hydrogen) atoms. The molecule has 1 aliphatic heterocycles. The number of carbonyl (C=O) groups is 2. The van der Waals surface area contributed by atoms with E-state index in [4.69, 9.17) is 10.5 Å². The second kappa shape index (κ2) is 9.43. The zero-order chi connectivity index (χ0) is 21.9. The summed E-state index contributed by atoms with van der Waals surface area (Å²) >= 11 is 4.74. The number of carbonyl (C=O) groups excluding carboxylic acids is 2. The van der Waals surface area contributed by atoms with E-state index in [9.17, 15) is 14.0 Å². The van der Waals surface area contributed by atoms with Crippen molar-refractivity contribution in [2.75, 3.05) is 6.54 Å². The highest BCUT2D eigenvalue weighted by Gasteiger charge is 2.33. The molecule has 2 amide bonds. The van der Waals surface area contributed by atoms with Crippen molar-refractivity contribution in [3.63, 3.8) is 0 Å². The van der Waals surface area contributed by atoms with Crippen molar-refractivity contribution in [2.24, 2.45) is 5.73 Å². The van der Waals surface area contributed by atoms with Gasteiger partial charge in [0.1, 0.15) is 17.1 Å². The highest BCUT2D eigenvalue weighted by atomic mass is 79.9. The monoisotopic (exact) mass is 497 g/mol. The first-order valence-corrected chi connectivity index (χ1v) is 11.5. The van der Waals surface area contributed by atoms with Crippen molar-refractivity contribution in [1.82, 2.24) is 9.88 Å². The van der Waals surface area contributed by atoms with Crippen molar-refractivity contribution in [3.8, 4) is 10.4 Å². The van der Waals surface area contributed by atoms with Crippen LogP contribution in [-0.2, 0) is 4.74 Å². The lowest BCUT2D eigenvalue weighted by molar-refractivity contribution is 0.0251. The van der Waals surface area contributed by atoms with Crippen LogP contribution >= 0.6 is 27.3 Å². The van der Waals surface area contributed by atoms with E-state index in [2.05, 4.69) is 20.9 Å². The minimum absolute atomic E-state index is 0.0311. The Morgan fingerprint density at radius 3 is 2.70 bits per heavy atom. The van der Waals surface area contributed by atoms with Gasteiger partial charge in [-0.1, -0.05) is 12.1 Å². The maximum atomic E-state index is 13.5. The molecule has 1 aromatic carbocycles. The fourth-order valence-electron chi connectivity index (χ4n) is 3.78. The van der Waals surface area contributed by atoms with Gasteiger partial charge in [0.15, 0.2) is 3.92 Å². The molecule has 1 saturated heterocycles. The predicted molar refractivity (Wildman–Crippen MR) is 118 cm³/mol. The van der Waals surface area contributed by atoms with Gasteiger partial charge in [-0.3, -0.25) is 4.79 Å². The number of nitrogens with two attached hydrogens (primary N) is 1. The molecule has 6 nitrogen and oxygen atoms in total. The Labute approximate surface area is 187 Å². The average molecular weight is 498 g/mol. The summed E-state index contributed by atoms with van der Waals surface area (Å²) in [4.78, 5) is 31.6. The van der Waals surface area contributed by atoms with Gasteiger partial charge in [-0.05, 0) is 79.6 Å². The Morgan fingerprint density at radius 1 is 1.33 bits per heavy atom. The van der Waals surface area contributed by atoms with Gasteiger partial charge in [0.25, 0.3) is 5.91 Å². The lowest BCUT2D eigenvalue weighted by Gasteiger charge is -2.37. The van der Waals surface area contributed by atoms with E-state index in [0.717, 1.165) is 24.8 Å². The van der Waals surface area contributed by atoms with Crippen LogP contribution in [0.15, 0.2) is 28.2 Å². The van der Waals surface area contributed by atoms with Gasteiger partial charge in [0.05, 0.1) is 4.88 Å². The summed E-state index contributed by atoms with van der Waals surface area (Å²) in [5.74, 6) is -0.457. The largest absolute Gasteiger partial charge is 0.444 e. The molecular weight excluding hydrogens is 473 g/mol. The zero-order valence-corrected chi connectivity index (χ0v) is 19.4. The van der Waals surface area contributed by atoms with Crippen LogP contribution < -0.4 is 5.73 Å². The third kappa shape index (κ3) is 5.57. The van der Waals surface area contributed by atoms with Crippen molar-refractivity contribution in [3.05, 3.63) is 39.7 Å². The van der Waals surface area contributed by atoms with E-state index in [1.54, 1.807) is 12.1 Å². The third-order valence-corrected chi connectivity index (χ3v) is 6.81. The van der Waals surface area contributed by atoms with Crippen molar-refractivity contribution >= 4 is 39.3 Å². The van der Waals surface area contributed by atoms with Crippen molar-refractivity contribution in [2.45, 2.75) is 57.6 Å². The first-order chi connectivity index (χ1) is 14.2. The molecule has 2 aromatic rings. The molecule has 1 fully saturated rings. The van der Waals surface area contributed by atoms with Crippen molar-refractivity contribution < 1.29 is 18.7 Å². The summed E-state index contributed by atoms with van der Waals surface area (Å²) in [5.41, 5.74) is 5.60. The fraction of sp³-hybridized carbons (Fsp3) is 0.476. The SMILES string of the molecule is CC(C)(CC[C@@H]1CCCCN1C(=O)c1nc(Br)sc1-c1ccc(F)cc1)OC(N)=O. The molecule has 0 aliphatic carbocycles. The molecule has 1 aromatic heterocycles. The molecule has 162 valence electrons. The first kappa shape index (κ1) is 22.7. The number of nitrogens with zero attached hydrogens (tertiary/aromatic N) is 2. The molecule has 0 bridgehead atoms. The van der Waals surface area contributed by atoms with Crippen LogP contribution in [0, 0.1) is 5.82 Å². The van der Waals surface area contributed by atoms with Crippen LogP contribution in [0.25, 0.3) is 10.4 Å². The van der Waals surface area contributed by atoms with Crippen LogP contribution in [-0.4, -0.2) is 40.1 Å². The number of thiazole rings is 1. The Bertz CT molecular complexity index is 917. The van der Waals surface area contributed by atoms with Gasteiger partial charge < -0.3 is 15.4 Å². The highest BCUT2D eigenvalue weighted by molar-refractivity contribution is 9.11. The van der Waals surface area contributed by atoms with Gasteiger partial charge in [0.2, 0.25) is 0 Å². The lowest BCUT2D eigenvalue weighted by Crippen LogP contribution is -2.45. The van der Waals surface area contributed by atoms with Gasteiger partial charge >= 0.3 is 6.09 Å². The number of piperidine rings is 1. The zero-order valence-electron chi connectivity index (χ0n) is 17.0. The molecule has 1 aliphatic rings. The Kier molecular flexibility index (Phi) is 7.13. The van der Waals surface area contributed by atoms with E-state index in [-0.39, 0.29) is 17.8 Å². The maximum absolute atomic E-state index is 13.5. The topological polar surface area (TPSA) is 85.5 Å². The van der Waals surface area contributed by atoms with E-state index in [1.807, 2.05) is 18.7 Å². The smallest absolute Gasteiger partial charge is 0.405 e. The number of hydrogen-bond donors (Lipinski definition) is 1. The lowest BCUT2D eigenvalue weighted by atomic mass is 9.92. The number of ether oxygens (including phenoxy) is 1. The van der Waals surface area contributed by atoms with Gasteiger partial charge in [-0.25, -0.2) is 14.2 Å². The Morgan fingerprint density at radius 2 is 2.03 bits per heavy atom. The number of benzene rings is 1. The fourth-order valence-corrected chi connectivity index (χ4v) is 5.23. The Hall–Kier alpha value is -2.00. The molecule has 0 saturated carbocycles. The summed E-state index contributed by atoms with van der Waals surface area (Å²) < 4.78 is 19.1. The van der Waals surface area contributed by atoms with E-state index in [0.29, 0.717) is 33.9 Å². The quantitative estimate of drug-likeness (QED) is 0.581. The molecule has 2 heterocycles. The van der Waals surface area contributed by atoms with Gasteiger partial charge in [-0.15, -0.1) is 11.3 Å². The Balaban J connectivity index is 1.81. The highest BCUT2D eigenvalue weighted by Crippen LogP contribution is 2.35. The minimum Gasteiger partial charge on any atom is -0.444 e. The van der Waals surface area contributed by atoms with Crippen LogP contribution in [0.1, 0.15) is 56.4 Å². The number of hydrogen-bond acceptors (Lipinski definition) is 5. The maximum Gasteiger partial charge on any atom is 0.405 e. The van der Waals surface area contributed by atoms with Gasteiger partial charge in [0, 0.05) is 12.6 Å². The third-order valence-electron chi connectivity index (χ3n) is 5.25. The van der Waals surface area contributed by atoms with Gasteiger partial charge in [-0.2, -0.15) is 0 Å². The number of halogens is 2. The molecule has 9 heteroatoms. The summed E-state index contributed by atoms with van der Waals surface area (Å²) in [6, 6.07) is 6.10. The molecule has 0 spiro atoms. The van der Waals surface area contributed by atoms with Crippen LogP contribution in [0.5, 0.6) is 0 Å². The first-order valence-electron chi connectivity index (χ1n) is 9.88. The van der Waals surface area contributed by atoms with Crippen molar-refractivity contribution in [1.29, 1.82) is 0 Å². The molecular formula is C21H25BrFN3O3S. The van der Waals surface area contributed by atoms with Crippen LogP contribution in [0.4, 0.5) is 9.18 Å². The van der Waals surface area contributed by atoms with Crippen LogP contribution in [0.2, 0.25) is 0 Å².